The predicted molar refractivity (Wildman–Crippen MR) is 110 cm³/mol. The number of ether oxygens (including phenoxy) is 1. The maximum atomic E-state index is 12.0. The summed E-state index contributed by atoms with van der Waals surface area (Å²) in [5, 5.41) is 5.77. The molecule has 146 valence electrons. The summed E-state index contributed by atoms with van der Waals surface area (Å²) < 4.78 is 5.64. The largest absolute Gasteiger partial charge is 0.492 e. The molecule has 2 amide bonds. The van der Waals surface area contributed by atoms with E-state index in [0.717, 1.165) is 36.5 Å². The van der Waals surface area contributed by atoms with Crippen LogP contribution in [0, 0.1) is 6.92 Å². The van der Waals surface area contributed by atoms with Gasteiger partial charge < -0.3 is 15.4 Å². The van der Waals surface area contributed by atoms with Crippen LogP contribution in [0.1, 0.15) is 30.5 Å². The Morgan fingerprint density at radius 1 is 1.00 bits per heavy atom. The van der Waals surface area contributed by atoms with E-state index in [9.17, 15) is 4.79 Å². The zero-order chi connectivity index (χ0) is 19.5. The number of carbonyl (C=O) groups is 1. The normalized spacial score (nSPS) is 10.7. The van der Waals surface area contributed by atoms with Crippen molar-refractivity contribution in [3.8, 4) is 5.75 Å². The highest BCUT2D eigenvalue weighted by atomic mass is 16.5. The minimum Gasteiger partial charge on any atom is -0.492 e. The fraction of sp³-hybridized carbons (Fsp3) is 0.409. The maximum absolute atomic E-state index is 12.0. The first-order valence-electron chi connectivity index (χ1n) is 9.62. The van der Waals surface area contributed by atoms with Crippen LogP contribution >= 0.6 is 0 Å². The Kier molecular flexibility index (Phi) is 8.65. The van der Waals surface area contributed by atoms with E-state index in [1.807, 2.05) is 43.3 Å². The molecule has 2 N–H and O–H groups in total. The minimum absolute atomic E-state index is 0.180. The quantitative estimate of drug-likeness (QED) is 0.628. The Hall–Kier alpha value is -2.53. The van der Waals surface area contributed by atoms with Gasteiger partial charge in [-0.15, -0.1) is 0 Å². The summed E-state index contributed by atoms with van der Waals surface area (Å²) in [4.78, 5) is 14.4. The predicted octanol–water partition coefficient (Wildman–Crippen LogP) is 3.72. The molecule has 0 aliphatic rings. The highest BCUT2D eigenvalue weighted by Gasteiger charge is 2.07. The minimum atomic E-state index is -0.180. The lowest BCUT2D eigenvalue weighted by Gasteiger charge is -2.20. The molecule has 27 heavy (non-hydrogen) atoms. The van der Waals surface area contributed by atoms with Crippen LogP contribution in [0.2, 0.25) is 0 Å². The van der Waals surface area contributed by atoms with Crippen molar-refractivity contribution in [2.75, 3.05) is 26.2 Å². The zero-order valence-electron chi connectivity index (χ0n) is 16.6. The summed E-state index contributed by atoms with van der Waals surface area (Å²) in [5.74, 6) is 0.822. The maximum Gasteiger partial charge on any atom is 0.315 e. The molecule has 0 aliphatic carbocycles. The molecular weight excluding hydrogens is 338 g/mol. The first kappa shape index (κ1) is 20.8. The smallest absolute Gasteiger partial charge is 0.315 e. The van der Waals surface area contributed by atoms with Crippen LogP contribution in [0.25, 0.3) is 0 Å². The summed E-state index contributed by atoms with van der Waals surface area (Å²) >= 11 is 0. The average molecular weight is 370 g/mol. The van der Waals surface area contributed by atoms with E-state index in [1.54, 1.807) is 0 Å². The fourth-order valence-electron chi connectivity index (χ4n) is 2.85. The second kappa shape index (κ2) is 11.2. The summed E-state index contributed by atoms with van der Waals surface area (Å²) in [6.07, 6.45) is 0. The molecule has 0 bridgehead atoms. The van der Waals surface area contributed by atoms with Gasteiger partial charge >= 0.3 is 6.03 Å². The van der Waals surface area contributed by atoms with Gasteiger partial charge in [0.15, 0.2) is 0 Å². The second-order valence-corrected chi connectivity index (χ2v) is 6.50. The van der Waals surface area contributed by atoms with Gasteiger partial charge in [0.1, 0.15) is 12.4 Å². The molecule has 0 aliphatic heterocycles. The highest BCUT2D eigenvalue weighted by molar-refractivity contribution is 5.73. The van der Waals surface area contributed by atoms with Crippen LogP contribution in [0.3, 0.4) is 0 Å². The van der Waals surface area contributed by atoms with Gasteiger partial charge in [-0.2, -0.15) is 0 Å². The number of hydrogen-bond acceptors (Lipinski definition) is 3. The van der Waals surface area contributed by atoms with Crippen LogP contribution in [0.4, 0.5) is 4.79 Å². The van der Waals surface area contributed by atoms with Crippen molar-refractivity contribution >= 4 is 6.03 Å². The van der Waals surface area contributed by atoms with E-state index in [-0.39, 0.29) is 6.03 Å². The zero-order valence-corrected chi connectivity index (χ0v) is 16.6. The van der Waals surface area contributed by atoms with E-state index >= 15 is 0 Å². The van der Waals surface area contributed by atoms with Gasteiger partial charge in [0, 0.05) is 13.1 Å². The van der Waals surface area contributed by atoms with Gasteiger partial charge in [0.05, 0.1) is 6.54 Å². The van der Waals surface area contributed by atoms with Crippen molar-refractivity contribution < 1.29 is 9.53 Å². The molecule has 0 fully saturated rings. The molecule has 0 unspecified atom stereocenters. The number of nitrogens with zero attached hydrogens (tertiary/aromatic N) is 1. The molecule has 2 rings (SSSR count). The number of rotatable bonds is 10. The van der Waals surface area contributed by atoms with Gasteiger partial charge in [0.2, 0.25) is 0 Å². The molecular formula is C22H31N3O2. The van der Waals surface area contributed by atoms with Gasteiger partial charge in [-0.25, -0.2) is 4.79 Å². The molecule has 0 spiro atoms. The number of benzene rings is 2. The Bertz CT molecular complexity index is 714. The standard InChI is InChI=1S/C22H31N3O2/c1-4-25(5-2)17-20-11-7-6-10-19(20)16-24-22(26)23-13-14-27-21-12-8-9-18(3)15-21/h6-12,15H,4-5,13-14,16-17H2,1-3H3,(H2,23,24,26). The summed E-state index contributed by atoms with van der Waals surface area (Å²) in [5.41, 5.74) is 3.56. The summed E-state index contributed by atoms with van der Waals surface area (Å²) in [7, 11) is 0. The second-order valence-electron chi connectivity index (χ2n) is 6.50. The highest BCUT2D eigenvalue weighted by Crippen LogP contribution is 2.12. The Balaban J connectivity index is 1.74. The van der Waals surface area contributed by atoms with Crippen molar-refractivity contribution in [3.63, 3.8) is 0 Å². The fourth-order valence-corrected chi connectivity index (χ4v) is 2.85. The van der Waals surface area contributed by atoms with Gasteiger partial charge in [0.25, 0.3) is 0 Å². The lowest BCUT2D eigenvalue weighted by Crippen LogP contribution is -2.37. The monoisotopic (exact) mass is 369 g/mol. The Morgan fingerprint density at radius 3 is 2.44 bits per heavy atom. The third-order valence-electron chi connectivity index (χ3n) is 4.49. The SMILES string of the molecule is CCN(CC)Cc1ccccc1CNC(=O)NCCOc1cccc(C)c1. The summed E-state index contributed by atoms with van der Waals surface area (Å²) in [6, 6.07) is 16.0. The molecule has 0 aromatic heterocycles. The van der Waals surface area contributed by atoms with Crippen LogP contribution in [0.15, 0.2) is 48.5 Å². The number of aryl methyl sites for hydroxylation is 1. The number of urea groups is 1. The van der Waals surface area contributed by atoms with Crippen LogP contribution in [0.5, 0.6) is 5.75 Å². The molecule has 2 aromatic carbocycles. The van der Waals surface area contributed by atoms with Crippen molar-refractivity contribution in [2.24, 2.45) is 0 Å². The molecule has 5 heteroatoms. The average Bonchev–Trinajstić information content (AvgIpc) is 2.68. The first-order chi connectivity index (χ1) is 13.1. The van der Waals surface area contributed by atoms with Gasteiger partial charge in [-0.1, -0.05) is 50.2 Å². The first-order valence-corrected chi connectivity index (χ1v) is 9.62. The molecule has 0 heterocycles. The Morgan fingerprint density at radius 2 is 1.74 bits per heavy atom. The number of amides is 2. The number of nitrogens with one attached hydrogen (secondary N) is 2. The van der Waals surface area contributed by atoms with Crippen LogP contribution in [-0.2, 0) is 13.1 Å². The molecule has 2 aromatic rings. The van der Waals surface area contributed by atoms with Crippen molar-refractivity contribution in [1.82, 2.24) is 15.5 Å². The number of hydrogen-bond donors (Lipinski definition) is 2. The topological polar surface area (TPSA) is 53.6 Å². The van der Waals surface area contributed by atoms with E-state index in [4.69, 9.17) is 4.74 Å². The van der Waals surface area contributed by atoms with Crippen molar-refractivity contribution in [3.05, 3.63) is 65.2 Å². The Labute approximate surface area is 162 Å². The lowest BCUT2D eigenvalue weighted by molar-refractivity contribution is 0.236. The lowest BCUT2D eigenvalue weighted by atomic mass is 10.1. The third-order valence-corrected chi connectivity index (χ3v) is 4.49. The molecule has 0 saturated carbocycles. The summed E-state index contributed by atoms with van der Waals surface area (Å²) in [6.45, 7) is 10.7. The van der Waals surface area contributed by atoms with Crippen molar-refractivity contribution in [2.45, 2.75) is 33.9 Å². The third kappa shape index (κ3) is 7.31. The van der Waals surface area contributed by atoms with Crippen LogP contribution in [-0.4, -0.2) is 37.2 Å². The molecule has 0 saturated heterocycles. The van der Waals surface area contributed by atoms with E-state index in [0.29, 0.717) is 19.7 Å². The molecule has 0 atom stereocenters. The number of carbonyl (C=O) groups excluding carboxylic acids is 1. The van der Waals surface area contributed by atoms with E-state index in [2.05, 4.69) is 41.5 Å². The van der Waals surface area contributed by atoms with Gasteiger partial charge in [-0.05, 0) is 48.8 Å². The van der Waals surface area contributed by atoms with Gasteiger partial charge in [-0.3, -0.25) is 4.90 Å². The van der Waals surface area contributed by atoms with Crippen LogP contribution < -0.4 is 15.4 Å². The van der Waals surface area contributed by atoms with E-state index in [1.165, 1.54) is 5.56 Å². The van der Waals surface area contributed by atoms with E-state index < -0.39 is 0 Å². The van der Waals surface area contributed by atoms with Crippen molar-refractivity contribution in [1.29, 1.82) is 0 Å². The molecule has 0 radical (unpaired) electrons. The molecule has 5 nitrogen and oxygen atoms in total.